The molecule has 0 aliphatic carbocycles. The van der Waals surface area contributed by atoms with Gasteiger partial charge in [-0.1, -0.05) is 0 Å². The van der Waals surface area contributed by atoms with Crippen LogP contribution in [0.3, 0.4) is 0 Å². The topological polar surface area (TPSA) is 101 Å². The molecule has 2 aromatic rings. The summed E-state index contributed by atoms with van der Waals surface area (Å²) in [5.74, 6) is -1.50. The first kappa shape index (κ1) is 23.0. The number of aliphatic hydroxyl groups excluding tert-OH is 1. The van der Waals surface area contributed by atoms with Crippen LogP contribution in [-0.2, 0) is 17.4 Å². The second-order valence-corrected chi connectivity index (χ2v) is 6.36. The Morgan fingerprint density at radius 2 is 2.03 bits per heavy atom. The Morgan fingerprint density at radius 3 is 2.67 bits per heavy atom. The van der Waals surface area contributed by atoms with Crippen LogP contribution in [0.5, 0.6) is 0 Å². The summed E-state index contributed by atoms with van der Waals surface area (Å²) in [4.78, 5) is 20.3. The molecular weight excluding hydrogens is 404 g/mol. The molecule has 2 rings (SSSR count). The van der Waals surface area contributed by atoms with Crippen molar-refractivity contribution >= 4 is 17.8 Å². The summed E-state index contributed by atoms with van der Waals surface area (Å²) in [6.45, 7) is 1.33. The van der Waals surface area contributed by atoms with Crippen molar-refractivity contribution in [3.05, 3.63) is 70.4 Å². The molecule has 1 aromatic carbocycles. The van der Waals surface area contributed by atoms with Gasteiger partial charge in [-0.25, -0.2) is 4.39 Å². The molecule has 1 amide bonds. The largest absolute Gasteiger partial charge is 0.416 e. The highest BCUT2D eigenvalue weighted by atomic mass is 19.4. The van der Waals surface area contributed by atoms with Crippen LogP contribution in [0.1, 0.15) is 23.7 Å². The number of halogens is 4. The number of aromatic nitrogens is 1. The van der Waals surface area contributed by atoms with E-state index in [2.05, 4.69) is 15.3 Å². The summed E-state index contributed by atoms with van der Waals surface area (Å²) in [5, 5.41) is 11.2. The summed E-state index contributed by atoms with van der Waals surface area (Å²) in [6.07, 6.45) is -2.06. The van der Waals surface area contributed by atoms with E-state index in [-0.39, 0.29) is 36.4 Å². The molecule has 10 heteroatoms. The Labute approximate surface area is 170 Å². The average Bonchev–Trinajstić information content (AvgIpc) is 2.65. The van der Waals surface area contributed by atoms with Gasteiger partial charge in [-0.15, -0.1) is 0 Å². The van der Waals surface area contributed by atoms with Crippen molar-refractivity contribution in [3.63, 3.8) is 0 Å². The second kappa shape index (κ2) is 9.97. The van der Waals surface area contributed by atoms with E-state index < -0.39 is 23.5 Å². The number of aliphatic hydroxyl groups is 1. The zero-order valence-electron chi connectivity index (χ0n) is 16.0. The van der Waals surface area contributed by atoms with E-state index in [1.54, 1.807) is 0 Å². The molecule has 4 N–H and O–H groups in total. The van der Waals surface area contributed by atoms with Crippen molar-refractivity contribution in [2.45, 2.75) is 19.5 Å². The molecule has 0 bridgehead atoms. The van der Waals surface area contributed by atoms with Gasteiger partial charge in [0, 0.05) is 36.8 Å². The third kappa shape index (κ3) is 6.66. The quantitative estimate of drug-likeness (QED) is 0.362. The van der Waals surface area contributed by atoms with Crippen molar-refractivity contribution in [2.24, 2.45) is 10.7 Å². The molecule has 0 fully saturated rings. The molecule has 0 aliphatic heterocycles. The minimum atomic E-state index is -4.66. The highest BCUT2D eigenvalue weighted by Gasteiger charge is 2.31. The number of pyridine rings is 1. The van der Waals surface area contributed by atoms with Gasteiger partial charge >= 0.3 is 6.18 Å². The minimum absolute atomic E-state index is 0.0419. The van der Waals surface area contributed by atoms with Gasteiger partial charge in [0.15, 0.2) is 0 Å². The van der Waals surface area contributed by atoms with Gasteiger partial charge in [0.05, 0.1) is 23.4 Å². The van der Waals surface area contributed by atoms with Crippen LogP contribution in [-0.4, -0.2) is 35.4 Å². The third-order valence-electron chi connectivity index (χ3n) is 3.88. The molecule has 0 saturated carbocycles. The molecule has 0 aliphatic rings. The second-order valence-electron chi connectivity index (χ2n) is 6.36. The van der Waals surface area contributed by atoms with Crippen molar-refractivity contribution < 1.29 is 27.5 Å². The van der Waals surface area contributed by atoms with E-state index in [1.807, 2.05) is 0 Å². The molecule has 1 heterocycles. The Kier molecular flexibility index (Phi) is 7.65. The molecule has 6 nitrogen and oxygen atoms in total. The highest BCUT2D eigenvalue weighted by Crippen LogP contribution is 2.31. The van der Waals surface area contributed by atoms with Gasteiger partial charge < -0.3 is 16.2 Å². The summed E-state index contributed by atoms with van der Waals surface area (Å²) >= 11 is 0. The van der Waals surface area contributed by atoms with E-state index in [9.17, 15) is 22.4 Å². The Bertz CT molecular complexity index is 968. The van der Waals surface area contributed by atoms with Crippen molar-refractivity contribution in [2.75, 3.05) is 13.2 Å². The van der Waals surface area contributed by atoms with Crippen LogP contribution in [0, 0.1) is 5.82 Å². The van der Waals surface area contributed by atoms with Gasteiger partial charge in [0.25, 0.3) is 5.91 Å². The van der Waals surface area contributed by atoms with Crippen LogP contribution >= 0.6 is 0 Å². The molecule has 160 valence electrons. The molecule has 0 spiro atoms. The lowest BCUT2D eigenvalue weighted by molar-refractivity contribution is -0.137. The fraction of sp³-hybridized carbons (Fsp3) is 0.250. The fourth-order valence-corrected chi connectivity index (χ4v) is 2.51. The Hall–Kier alpha value is -3.27. The molecule has 1 aromatic heterocycles. The van der Waals surface area contributed by atoms with Gasteiger partial charge in [0.1, 0.15) is 5.82 Å². The zero-order chi connectivity index (χ0) is 22.3. The minimum Gasteiger partial charge on any atom is -0.402 e. The molecule has 30 heavy (non-hydrogen) atoms. The van der Waals surface area contributed by atoms with Gasteiger partial charge in [-0.3, -0.25) is 14.8 Å². The lowest BCUT2D eigenvalue weighted by Gasteiger charge is -2.09. The highest BCUT2D eigenvalue weighted by molar-refractivity contribution is 6.13. The first-order chi connectivity index (χ1) is 14.1. The van der Waals surface area contributed by atoms with E-state index in [0.717, 1.165) is 12.1 Å². The number of alkyl halides is 3. The number of nitrogens with one attached hydrogen (secondary N) is 1. The lowest BCUT2D eigenvalue weighted by Crippen LogP contribution is -2.29. The van der Waals surface area contributed by atoms with Crippen LogP contribution in [0.4, 0.5) is 23.2 Å². The maximum atomic E-state index is 13.6. The Morgan fingerprint density at radius 1 is 1.30 bits per heavy atom. The number of hydrogen-bond donors (Lipinski definition) is 3. The van der Waals surface area contributed by atoms with Crippen LogP contribution in [0.25, 0.3) is 0 Å². The molecule has 0 atom stereocenters. The number of rotatable bonds is 7. The van der Waals surface area contributed by atoms with Crippen molar-refractivity contribution in [1.82, 2.24) is 10.3 Å². The number of allylic oxidation sites excluding steroid dienone is 1. The smallest absolute Gasteiger partial charge is 0.402 e. The number of nitrogens with two attached hydrogens (primary N) is 1. The van der Waals surface area contributed by atoms with Crippen LogP contribution in [0.15, 0.2) is 52.8 Å². The number of amides is 1. The SMILES string of the molecule is C/C(N)=C(/C=Nc1ccnc(Cc2cc(F)cc(C(F)(F)F)c2)c1)C(=O)NCCO. The van der Waals surface area contributed by atoms with Crippen molar-refractivity contribution in [1.29, 1.82) is 0 Å². The fourth-order valence-electron chi connectivity index (χ4n) is 2.51. The van der Waals surface area contributed by atoms with E-state index >= 15 is 0 Å². The van der Waals surface area contributed by atoms with Crippen LogP contribution in [0.2, 0.25) is 0 Å². The first-order valence-electron chi connectivity index (χ1n) is 8.81. The van der Waals surface area contributed by atoms with Gasteiger partial charge in [-0.05, 0) is 42.8 Å². The van der Waals surface area contributed by atoms with E-state index in [1.165, 1.54) is 31.5 Å². The predicted molar refractivity (Wildman–Crippen MR) is 104 cm³/mol. The summed E-state index contributed by atoms with van der Waals surface area (Å²) in [7, 11) is 0. The number of aliphatic imine (C=N–C) groups is 1. The molecule has 0 saturated heterocycles. The molecule has 0 unspecified atom stereocenters. The summed E-state index contributed by atoms with van der Waals surface area (Å²) < 4.78 is 52.2. The third-order valence-corrected chi connectivity index (χ3v) is 3.88. The molecule has 0 radical (unpaired) electrons. The predicted octanol–water partition coefficient (Wildman–Crippen LogP) is 2.87. The van der Waals surface area contributed by atoms with Crippen LogP contribution < -0.4 is 11.1 Å². The normalized spacial score (nSPS) is 12.7. The van der Waals surface area contributed by atoms with Gasteiger partial charge in [-0.2, -0.15) is 13.2 Å². The van der Waals surface area contributed by atoms with Gasteiger partial charge in [0.2, 0.25) is 0 Å². The van der Waals surface area contributed by atoms with E-state index in [4.69, 9.17) is 10.8 Å². The van der Waals surface area contributed by atoms with E-state index in [0.29, 0.717) is 17.4 Å². The number of hydrogen-bond acceptors (Lipinski definition) is 5. The number of benzene rings is 1. The summed E-state index contributed by atoms with van der Waals surface area (Å²) in [6, 6.07) is 5.34. The Balaban J connectivity index is 2.23. The summed E-state index contributed by atoms with van der Waals surface area (Å²) in [5.41, 5.74) is 5.78. The monoisotopic (exact) mass is 424 g/mol. The first-order valence-corrected chi connectivity index (χ1v) is 8.81. The number of nitrogens with zero attached hydrogens (tertiary/aromatic N) is 2. The maximum Gasteiger partial charge on any atom is 0.416 e. The molecular formula is C20H20F4N4O2. The standard InChI is InChI=1S/C20H20F4N4O2/c1-12(25)18(19(30)27-4-5-29)11-28-16-2-3-26-17(10-16)8-13-6-14(20(22,23)24)9-15(21)7-13/h2-3,6-7,9-11,29H,4-5,8,25H2,1H3,(H,27,30)/b18-12+,28-11?. The number of carbonyl (C=O) groups excluding carboxylic acids is 1. The maximum absolute atomic E-state index is 13.6. The number of carbonyl (C=O) groups is 1. The van der Waals surface area contributed by atoms with Crippen molar-refractivity contribution in [3.8, 4) is 0 Å². The zero-order valence-corrected chi connectivity index (χ0v) is 16.0. The lowest BCUT2D eigenvalue weighted by atomic mass is 10.0. The average molecular weight is 424 g/mol.